The molecule has 0 bridgehead atoms. The molecule has 1 amide bonds. The Kier molecular flexibility index (Phi) is 6.15. The number of carbonyl (C=O) groups excluding carboxylic acids is 1. The second-order valence-electron chi connectivity index (χ2n) is 6.12. The van der Waals surface area contributed by atoms with Gasteiger partial charge in [0, 0.05) is 19.0 Å². The lowest BCUT2D eigenvalue weighted by molar-refractivity contribution is -0.122. The van der Waals surface area contributed by atoms with Crippen LogP contribution < -0.4 is 10.5 Å². The Morgan fingerprint density at radius 2 is 2.00 bits per heavy atom. The Balaban J connectivity index is 1.75. The number of nitrogens with zero attached hydrogens (tertiary/aromatic N) is 1. The van der Waals surface area contributed by atoms with Gasteiger partial charge in [-0.1, -0.05) is 18.6 Å². The fourth-order valence-electron chi connectivity index (χ4n) is 2.88. The maximum absolute atomic E-state index is 12.0. The zero-order valence-electron chi connectivity index (χ0n) is 13.5. The summed E-state index contributed by atoms with van der Waals surface area (Å²) in [5, 5.41) is 7.99. The van der Waals surface area contributed by atoms with Gasteiger partial charge in [0.15, 0.2) is 0 Å². The molecule has 0 spiro atoms. The number of hydrogen-bond acceptors (Lipinski definition) is 4. The molecule has 0 aromatic heterocycles. The average molecular weight is 339 g/mol. The van der Waals surface area contributed by atoms with Crippen molar-refractivity contribution < 1.29 is 13.2 Å². The number of nitrogens with two attached hydrogens (primary N) is 1. The smallest absolute Gasteiger partial charge is 0.238 e. The van der Waals surface area contributed by atoms with E-state index in [1.165, 1.54) is 25.0 Å². The molecule has 3 N–H and O–H groups in total. The van der Waals surface area contributed by atoms with E-state index in [0.717, 1.165) is 18.5 Å². The van der Waals surface area contributed by atoms with E-state index < -0.39 is 10.0 Å². The van der Waals surface area contributed by atoms with Gasteiger partial charge in [0.2, 0.25) is 15.9 Å². The summed E-state index contributed by atoms with van der Waals surface area (Å²) in [6, 6.07) is 6.77. The number of sulfonamides is 1. The number of primary sulfonamides is 1. The van der Waals surface area contributed by atoms with Gasteiger partial charge in [-0.15, -0.1) is 0 Å². The SMILES string of the molecule is CN1CCCCC1CC(=O)NCCc1ccc(S(N)(=O)=O)cc1. The molecule has 1 aliphatic rings. The molecule has 23 heavy (non-hydrogen) atoms. The molecule has 1 saturated heterocycles. The van der Waals surface area contributed by atoms with Crippen molar-refractivity contribution >= 4 is 15.9 Å². The van der Waals surface area contributed by atoms with Crippen LogP contribution in [0.5, 0.6) is 0 Å². The number of benzene rings is 1. The summed E-state index contributed by atoms with van der Waals surface area (Å²) in [6.45, 7) is 1.61. The third-order valence-corrected chi connectivity index (χ3v) is 5.26. The number of amides is 1. The summed E-state index contributed by atoms with van der Waals surface area (Å²) in [6.07, 6.45) is 4.69. The molecule has 0 radical (unpaired) electrons. The molecule has 128 valence electrons. The molecular formula is C16H25N3O3S. The molecule has 1 aromatic rings. The van der Waals surface area contributed by atoms with Gasteiger partial charge in [-0.3, -0.25) is 4.79 Å². The second-order valence-corrected chi connectivity index (χ2v) is 7.68. The zero-order chi connectivity index (χ0) is 16.9. The summed E-state index contributed by atoms with van der Waals surface area (Å²) in [5.74, 6) is 0.0740. The van der Waals surface area contributed by atoms with Crippen molar-refractivity contribution in [1.82, 2.24) is 10.2 Å². The minimum Gasteiger partial charge on any atom is -0.356 e. The number of likely N-dealkylation sites (tertiary alicyclic amines) is 1. The Labute approximate surface area is 138 Å². The van der Waals surface area contributed by atoms with Gasteiger partial charge >= 0.3 is 0 Å². The molecule has 1 fully saturated rings. The first-order valence-electron chi connectivity index (χ1n) is 7.95. The molecule has 1 heterocycles. The zero-order valence-corrected chi connectivity index (χ0v) is 14.3. The topological polar surface area (TPSA) is 92.5 Å². The highest BCUT2D eigenvalue weighted by molar-refractivity contribution is 7.89. The van der Waals surface area contributed by atoms with Crippen LogP contribution in [0.1, 0.15) is 31.2 Å². The molecule has 1 aliphatic heterocycles. The fraction of sp³-hybridized carbons (Fsp3) is 0.562. The van der Waals surface area contributed by atoms with Crippen molar-refractivity contribution in [3.8, 4) is 0 Å². The van der Waals surface area contributed by atoms with E-state index in [4.69, 9.17) is 5.14 Å². The Bertz CT molecular complexity index is 628. The van der Waals surface area contributed by atoms with Gasteiger partial charge in [-0.25, -0.2) is 13.6 Å². The van der Waals surface area contributed by atoms with E-state index in [9.17, 15) is 13.2 Å². The first-order chi connectivity index (χ1) is 10.9. The highest BCUT2D eigenvalue weighted by atomic mass is 32.2. The van der Waals surface area contributed by atoms with Crippen LogP contribution >= 0.6 is 0 Å². The maximum Gasteiger partial charge on any atom is 0.238 e. The van der Waals surface area contributed by atoms with Crippen molar-refractivity contribution in [1.29, 1.82) is 0 Å². The van der Waals surface area contributed by atoms with Gasteiger partial charge in [0.25, 0.3) is 0 Å². The van der Waals surface area contributed by atoms with Crippen molar-refractivity contribution in [3.05, 3.63) is 29.8 Å². The van der Waals surface area contributed by atoms with Crippen LogP contribution in [0.25, 0.3) is 0 Å². The third-order valence-electron chi connectivity index (χ3n) is 4.33. The highest BCUT2D eigenvalue weighted by Gasteiger charge is 2.21. The molecule has 2 rings (SSSR count). The van der Waals surface area contributed by atoms with Crippen LogP contribution in [-0.2, 0) is 21.2 Å². The predicted molar refractivity (Wildman–Crippen MR) is 89.4 cm³/mol. The van der Waals surface area contributed by atoms with Crippen LogP contribution in [0.3, 0.4) is 0 Å². The minimum absolute atomic E-state index is 0.0740. The van der Waals surface area contributed by atoms with Crippen LogP contribution in [0, 0.1) is 0 Å². The Morgan fingerprint density at radius 1 is 1.30 bits per heavy atom. The number of piperidine rings is 1. The van der Waals surface area contributed by atoms with E-state index in [1.54, 1.807) is 12.1 Å². The number of rotatable bonds is 6. The standard InChI is InChI=1S/C16H25N3O3S/c1-19-11-3-2-4-14(19)12-16(20)18-10-9-13-5-7-15(8-6-13)23(17,21)22/h5-8,14H,2-4,9-12H2,1H3,(H,18,20)(H2,17,21,22). The molecule has 1 aromatic carbocycles. The number of nitrogens with one attached hydrogen (secondary N) is 1. The lowest BCUT2D eigenvalue weighted by atomic mass is 10.00. The maximum atomic E-state index is 12.0. The van der Waals surface area contributed by atoms with Crippen LogP contribution in [0.4, 0.5) is 0 Å². The van der Waals surface area contributed by atoms with Crippen molar-refractivity contribution in [2.75, 3.05) is 20.1 Å². The summed E-state index contributed by atoms with van der Waals surface area (Å²) in [4.78, 5) is 14.4. The summed E-state index contributed by atoms with van der Waals surface area (Å²) in [7, 11) is -1.58. The molecule has 0 aliphatic carbocycles. The van der Waals surface area contributed by atoms with E-state index in [0.29, 0.717) is 25.4 Å². The summed E-state index contributed by atoms with van der Waals surface area (Å²) >= 11 is 0. The van der Waals surface area contributed by atoms with E-state index >= 15 is 0 Å². The van der Waals surface area contributed by atoms with Crippen LogP contribution in [-0.4, -0.2) is 45.4 Å². The first-order valence-corrected chi connectivity index (χ1v) is 9.49. The first kappa shape index (κ1) is 17.9. The number of carbonyl (C=O) groups is 1. The molecule has 1 unspecified atom stereocenters. The third kappa shape index (κ3) is 5.60. The Hall–Kier alpha value is -1.44. The predicted octanol–water partition coefficient (Wildman–Crippen LogP) is 0.867. The van der Waals surface area contributed by atoms with Crippen LogP contribution in [0.15, 0.2) is 29.2 Å². The minimum atomic E-state index is -3.65. The normalized spacial score (nSPS) is 19.5. The molecule has 7 heteroatoms. The van der Waals surface area contributed by atoms with Crippen LogP contribution in [0.2, 0.25) is 0 Å². The van der Waals surface area contributed by atoms with Crippen molar-refractivity contribution in [3.63, 3.8) is 0 Å². The van der Waals surface area contributed by atoms with E-state index in [2.05, 4.69) is 17.3 Å². The largest absolute Gasteiger partial charge is 0.356 e. The lowest BCUT2D eigenvalue weighted by Crippen LogP contribution is -2.40. The average Bonchev–Trinajstić information content (AvgIpc) is 2.49. The molecule has 6 nitrogen and oxygen atoms in total. The monoisotopic (exact) mass is 339 g/mol. The highest BCUT2D eigenvalue weighted by Crippen LogP contribution is 2.17. The van der Waals surface area contributed by atoms with Gasteiger partial charge in [-0.2, -0.15) is 0 Å². The lowest BCUT2D eigenvalue weighted by Gasteiger charge is -2.31. The van der Waals surface area contributed by atoms with Crippen molar-refractivity contribution in [2.24, 2.45) is 5.14 Å². The summed E-state index contributed by atoms with van der Waals surface area (Å²) in [5.41, 5.74) is 0.965. The molecule has 1 atom stereocenters. The second kappa shape index (κ2) is 7.90. The fourth-order valence-corrected chi connectivity index (χ4v) is 3.40. The van der Waals surface area contributed by atoms with Gasteiger partial charge < -0.3 is 10.2 Å². The van der Waals surface area contributed by atoms with E-state index in [-0.39, 0.29) is 10.8 Å². The summed E-state index contributed by atoms with van der Waals surface area (Å²) < 4.78 is 22.4. The van der Waals surface area contributed by atoms with Gasteiger partial charge in [0.05, 0.1) is 4.90 Å². The van der Waals surface area contributed by atoms with Gasteiger partial charge in [-0.05, 0) is 50.6 Å². The van der Waals surface area contributed by atoms with Crippen molar-refractivity contribution in [2.45, 2.75) is 43.0 Å². The number of hydrogen-bond donors (Lipinski definition) is 2. The molecular weight excluding hydrogens is 314 g/mol. The van der Waals surface area contributed by atoms with E-state index in [1.807, 2.05) is 0 Å². The van der Waals surface area contributed by atoms with Gasteiger partial charge in [0.1, 0.15) is 0 Å². The Morgan fingerprint density at radius 3 is 2.61 bits per heavy atom. The quantitative estimate of drug-likeness (QED) is 0.804. The molecule has 0 saturated carbocycles.